The van der Waals surface area contributed by atoms with Gasteiger partial charge >= 0.3 is 0 Å². The molecule has 0 spiro atoms. The molecule has 1 fully saturated rings. The zero-order valence-electron chi connectivity index (χ0n) is 17.3. The van der Waals surface area contributed by atoms with E-state index < -0.39 is 15.7 Å². The summed E-state index contributed by atoms with van der Waals surface area (Å²) in [7, 11) is -1.87. The molecule has 1 saturated heterocycles. The van der Waals surface area contributed by atoms with Crippen LogP contribution in [-0.4, -0.2) is 71.4 Å². The lowest BCUT2D eigenvalue weighted by atomic mass is 10.2. The standard InChI is InChI=1S/C21H24N2O7S/c1-28-19-13-15(21(25)22-16-4-6-17(7-5-16)31(2,26)27)3-8-18(19)30-14-20(24)23-9-11-29-12-10-23/h3-8,13H,9-12,14H2,1-2H3,(H,22,25). The van der Waals surface area contributed by atoms with Crippen molar-refractivity contribution in [2.45, 2.75) is 4.90 Å². The van der Waals surface area contributed by atoms with Gasteiger partial charge in [0.2, 0.25) is 0 Å². The number of carbonyl (C=O) groups is 2. The number of nitrogens with one attached hydrogen (secondary N) is 1. The van der Waals surface area contributed by atoms with Crippen LogP contribution >= 0.6 is 0 Å². The number of sulfone groups is 1. The van der Waals surface area contributed by atoms with Gasteiger partial charge in [0.15, 0.2) is 27.9 Å². The third-order valence-corrected chi connectivity index (χ3v) is 5.81. The predicted octanol–water partition coefficient (Wildman–Crippen LogP) is 1.59. The van der Waals surface area contributed by atoms with Gasteiger partial charge in [-0.05, 0) is 42.5 Å². The van der Waals surface area contributed by atoms with E-state index in [0.717, 1.165) is 6.26 Å². The normalized spacial score (nSPS) is 14.1. The molecular weight excluding hydrogens is 424 g/mol. The quantitative estimate of drug-likeness (QED) is 0.685. The molecule has 0 aromatic heterocycles. The Labute approximate surface area is 180 Å². The van der Waals surface area contributed by atoms with Gasteiger partial charge in [0.25, 0.3) is 11.8 Å². The fourth-order valence-electron chi connectivity index (χ4n) is 2.96. The molecule has 31 heavy (non-hydrogen) atoms. The van der Waals surface area contributed by atoms with Crippen LogP contribution in [0.3, 0.4) is 0 Å². The third kappa shape index (κ3) is 5.96. The monoisotopic (exact) mass is 448 g/mol. The number of nitrogens with zero attached hydrogens (tertiary/aromatic N) is 1. The molecule has 0 atom stereocenters. The Bertz CT molecular complexity index is 1050. The van der Waals surface area contributed by atoms with Gasteiger partial charge in [0.05, 0.1) is 25.2 Å². The first-order valence-electron chi connectivity index (χ1n) is 9.56. The van der Waals surface area contributed by atoms with Crippen molar-refractivity contribution in [3.8, 4) is 11.5 Å². The first kappa shape index (κ1) is 22.6. The Kier molecular flexibility index (Phi) is 7.13. The molecule has 1 aliphatic rings. The van der Waals surface area contributed by atoms with Crippen molar-refractivity contribution in [3.63, 3.8) is 0 Å². The zero-order chi connectivity index (χ0) is 22.4. The van der Waals surface area contributed by atoms with Gasteiger partial charge in [-0.15, -0.1) is 0 Å². The highest BCUT2D eigenvalue weighted by atomic mass is 32.2. The lowest BCUT2D eigenvalue weighted by Gasteiger charge is -2.26. The van der Waals surface area contributed by atoms with Crippen LogP contribution in [-0.2, 0) is 19.4 Å². The van der Waals surface area contributed by atoms with E-state index in [0.29, 0.717) is 49.1 Å². The molecule has 2 aromatic carbocycles. The summed E-state index contributed by atoms with van der Waals surface area (Å²) < 4.78 is 39.2. The number of benzene rings is 2. The van der Waals surface area contributed by atoms with Crippen molar-refractivity contribution >= 4 is 27.3 Å². The minimum Gasteiger partial charge on any atom is -0.493 e. The summed E-state index contributed by atoms with van der Waals surface area (Å²) in [5, 5.41) is 2.70. The zero-order valence-corrected chi connectivity index (χ0v) is 18.1. The van der Waals surface area contributed by atoms with Crippen LogP contribution in [0.15, 0.2) is 47.4 Å². The van der Waals surface area contributed by atoms with Gasteiger partial charge in [0.1, 0.15) is 0 Å². The summed E-state index contributed by atoms with van der Waals surface area (Å²) >= 11 is 0. The molecule has 9 nitrogen and oxygen atoms in total. The summed E-state index contributed by atoms with van der Waals surface area (Å²) in [5.74, 6) is 0.110. The molecule has 0 bridgehead atoms. The molecule has 1 heterocycles. The number of hydrogen-bond acceptors (Lipinski definition) is 7. The lowest BCUT2D eigenvalue weighted by molar-refractivity contribution is -0.137. The van der Waals surface area contributed by atoms with E-state index in [1.165, 1.54) is 37.4 Å². The number of amides is 2. The van der Waals surface area contributed by atoms with Gasteiger partial charge < -0.3 is 24.4 Å². The molecule has 1 aliphatic heterocycles. The summed E-state index contributed by atoms with van der Waals surface area (Å²) in [6, 6.07) is 10.5. The molecule has 0 unspecified atom stereocenters. The molecule has 0 saturated carbocycles. The van der Waals surface area contributed by atoms with Crippen molar-refractivity contribution < 1.29 is 32.2 Å². The first-order valence-corrected chi connectivity index (χ1v) is 11.4. The summed E-state index contributed by atoms with van der Waals surface area (Å²) in [4.78, 5) is 26.6. The van der Waals surface area contributed by atoms with Gasteiger partial charge in [0, 0.05) is 30.6 Å². The maximum atomic E-state index is 12.5. The molecule has 166 valence electrons. The van der Waals surface area contributed by atoms with Crippen LogP contribution in [0, 0.1) is 0 Å². The highest BCUT2D eigenvalue weighted by molar-refractivity contribution is 7.90. The number of ether oxygens (including phenoxy) is 3. The SMILES string of the molecule is COc1cc(C(=O)Nc2ccc(S(C)(=O)=O)cc2)ccc1OCC(=O)N1CCOCC1. The fraction of sp³-hybridized carbons (Fsp3) is 0.333. The van der Waals surface area contributed by atoms with Crippen LogP contribution in [0.2, 0.25) is 0 Å². The second-order valence-corrected chi connectivity index (χ2v) is 8.91. The Balaban J connectivity index is 1.64. The second kappa shape index (κ2) is 9.80. The van der Waals surface area contributed by atoms with Crippen molar-refractivity contribution in [3.05, 3.63) is 48.0 Å². The molecule has 3 rings (SSSR count). The van der Waals surface area contributed by atoms with Crippen LogP contribution in [0.1, 0.15) is 10.4 Å². The molecule has 10 heteroatoms. The smallest absolute Gasteiger partial charge is 0.260 e. The number of anilines is 1. The van der Waals surface area contributed by atoms with E-state index >= 15 is 0 Å². The number of carbonyl (C=O) groups excluding carboxylic acids is 2. The maximum absolute atomic E-state index is 12.5. The number of morpholine rings is 1. The number of methoxy groups -OCH3 is 1. The minimum atomic E-state index is -3.31. The largest absolute Gasteiger partial charge is 0.493 e. The average Bonchev–Trinajstić information content (AvgIpc) is 2.77. The third-order valence-electron chi connectivity index (χ3n) is 4.68. The van der Waals surface area contributed by atoms with E-state index in [4.69, 9.17) is 14.2 Å². The van der Waals surface area contributed by atoms with E-state index in [1.54, 1.807) is 17.0 Å². The van der Waals surface area contributed by atoms with E-state index in [1.807, 2.05) is 0 Å². The van der Waals surface area contributed by atoms with Gasteiger partial charge in [-0.1, -0.05) is 0 Å². The Morgan fingerprint density at radius 3 is 2.35 bits per heavy atom. The number of hydrogen-bond donors (Lipinski definition) is 1. The summed E-state index contributed by atoms with van der Waals surface area (Å²) in [6.07, 6.45) is 1.12. The average molecular weight is 448 g/mol. The second-order valence-electron chi connectivity index (χ2n) is 6.90. The van der Waals surface area contributed by atoms with Crippen LogP contribution in [0.5, 0.6) is 11.5 Å². The van der Waals surface area contributed by atoms with Crippen LogP contribution in [0.4, 0.5) is 5.69 Å². The van der Waals surface area contributed by atoms with Crippen molar-refractivity contribution in [1.82, 2.24) is 4.90 Å². The Morgan fingerprint density at radius 2 is 1.74 bits per heavy atom. The number of rotatable bonds is 7. The molecule has 0 radical (unpaired) electrons. The molecular formula is C21H24N2O7S. The highest BCUT2D eigenvalue weighted by Crippen LogP contribution is 2.28. The van der Waals surface area contributed by atoms with Crippen molar-refractivity contribution in [1.29, 1.82) is 0 Å². The molecule has 1 N–H and O–H groups in total. The van der Waals surface area contributed by atoms with E-state index in [2.05, 4.69) is 5.32 Å². The highest BCUT2D eigenvalue weighted by Gasteiger charge is 2.18. The lowest BCUT2D eigenvalue weighted by Crippen LogP contribution is -2.43. The maximum Gasteiger partial charge on any atom is 0.260 e. The van der Waals surface area contributed by atoms with E-state index in [-0.39, 0.29) is 17.4 Å². The van der Waals surface area contributed by atoms with Crippen LogP contribution in [0.25, 0.3) is 0 Å². The molecule has 2 aromatic rings. The van der Waals surface area contributed by atoms with Crippen molar-refractivity contribution in [2.75, 3.05) is 51.6 Å². The Morgan fingerprint density at radius 1 is 1.06 bits per heavy atom. The van der Waals surface area contributed by atoms with Gasteiger partial charge in [-0.3, -0.25) is 9.59 Å². The fourth-order valence-corrected chi connectivity index (χ4v) is 3.59. The minimum absolute atomic E-state index is 0.144. The summed E-state index contributed by atoms with van der Waals surface area (Å²) in [5.41, 5.74) is 0.767. The van der Waals surface area contributed by atoms with Gasteiger partial charge in [-0.2, -0.15) is 0 Å². The van der Waals surface area contributed by atoms with Crippen LogP contribution < -0.4 is 14.8 Å². The topological polar surface area (TPSA) is 111 Å². The Hall–Kier alpha value is -3.11. The molecule has 2 amide bonds. The predicted molar refractivity (Wildman–Crippen MR) is 113 cm³/mol. The summed E-state index contributed by atoms with van der Waals surface area (Å²) in [6.45, 7) is 1.94. The van der Waals surface area contributed by atoms with Gasteiger partial charge in [-0.25, -0.2) is 8.42 Å². The molecule has 0 aliphatic carbocycles. The van der Waals surface area contributed by atoms with Crippen molar-refractivity contribution in [2.24, 2.45) is 0 Å². The first-order chi connectivity index (χ1) is 14.8. The van der Waals surface area contributed by atoms with E-state index in [9.17, 15) is 18.0 Å².